The van der Waals surface area contributed by atoms with Gasteiger partial charge in [0.15, 0.2) is 0 Å². The van der Waals surface area contributed by atoms with Crippen LogP contribution >= 0.6 is 0 Å². The molecule has 0 amide bonds. The van der Waals surface area contributed by atoms with Crippen molar-refractivity contribution in [3.63, 3.8) is 0 Å². The fourth-order valence-electron chi connectivity index (χ4n) is 1.85. The molecule has 106 valence electrons. The van der Waals surface area contributed by atoms with Gasteiger partial charge in [-0.1, -0.05) is 31.5 Å². The van der Waals surface area contributed by atoms with Gasteiger partial charge in [-0.2, -0.15) is 4.98 Å². The number of anilines is 1. The third-order valence-corrected chi connectivity index (χ3v) is 2.93. The minimum atomic E-state index is 0.199. The van der Waals surface area contributed by atoms with E-state index in [0.717, 1.165) is 11.3 Å². The molecule has 0 atom stereocenters. The van der Waals surface area contributed by atoms with Crippen molar-refractivity contribution >= 4 is 5.82 Å². The summed E-state index contributed by atoms with van der Waals surface area (Å²) < 4.78 is 5.85. The highest BCUT2D eigenvalue weighted by Gasteiger charge is 2.10. The van der Waals surface area contributed by atoms with E-state index in [2.05, 4.69) is 28.4 Å². The van der Waals surface area contributed by atoms with Crippen molar-refractivity contribution in [2.24, 2.45) is 5.84 Å². The Hall–Kier alpha value is -2.14. The molecule has 0 radical (unpaired) electrons. The van der Waals surface area contributed by atoms with E-state index in [9.17, 15) is 0 Å². The lowest BCUT2D eigenvalue weighted by molar-refractivity contribution is 0.454. The number of hydrogen-bond acceptors (Lipinski definition) is 5. The Kier molecular flexibility index (Phi) is 4.20. The maximum atomic E-state index is 5.85. The van der Waals surface area contributed by atoms with E-state index in [-0.39, 0.29) is 5.92 Å². The number of hydrogen-bond donors (Lipinski definition) is 2. The monoisotopic (exact) mass is 272 g/mol. The molecule has 0 fully saturated rings. The molecule has 1 heterocycles. The molecule has 1 aromatic heterocycles. The van der Waals surface area contributed by atoms with Gasteiger partial charge in [0, 0.05) is 12.0 Å². The molecular formula is C15H20N4O. The third-order valence-electron chi connectivity index (χ3n) is 2.93. The second-order valence-electron chi connectivity index (χ2n) is 5.12. The topological polar surface area (TPSA) is 73.1 Å². The zero-order valence-electron chi connectivity index (χ0n) is 12.3. The van der Waals surface area contributed by atoms with Crippen molar-refractivity contribution in [2.75, 3.05) is 5.43 Å². The summed E-state index contributed by atoms with van der Waals surface area (Å²) in [5, 5.41) is 0. The normalized spacial score (nSPS) is 10.7. The number of nitrogen functional groups attached to an aromatic ring is 1. The van der Waals surface area contributed by atoms with Crippen LogP contribution in [-0.4, -0.2) is 9.97 Å². The highest BCUT2D eigenvalue weighted by molar-refractivity contribution is 5.42. The molecule has 20 heavy (non-hydrogen) atoms. The molecule has 5 nitrogen and oxygen atoms in total. The van der Waals surface area contributed by atoms with Crippen LogP contribution in [0.1, 0.15) is 36.7 Å². The van der Waals surface area contributed by atoms with Gasteiger partial charge in [0.2, 0.25) is 5.88 Å². The lowest BCUT2D eigenvalue weighted by atomic mass is 10.1. The van der Waals surface area contributed by atoms with Gasteiger partial charge in [-0.15, -0.1) is 0 Å². The Labute approximate surface area is 119 Å². The number of rotatable bonds is 4. The van der Waals surface area contributed by atoms with E-state index in [1.807, 2.05) is 32.9 Å². The Balaban J connectivity index is 2.34. The first kappa shape index (κ1) is 14.3. The van der Waals surface area contributed by atoms with Gasteiger partial charge >= 0.3 is 0 Å². The second kappa shape index (κ2) is 5.88. The van der Waals surface area contributed by atoms with E-state index in [4.69, 9.17) is 10.6 Å². The van der Waals surface area contributed by atoms with Gasteiger partial charge in [0.1, 0.15) is 17.4 Å². The van der Waals surface area contributed by atoms with Crippen LogP contribution in [0.4, 0.5) is 5.82 Å². The summed E-state index contributed by atoms with van der Waals surface area (Å²) in [5.41, 5.74) is 4.81. The Morgan fingerprint density at radius 2 is 1.90 bits per heavy atom. The molecule has 3 N–H and O–H groups in total. The molecule has 5 heteroatoms. The fraction of sp³-hybridized carbons (Fsp3) is 0.333. The predicted molar refractivity (Wildman–Crippen MR) is 79.9 cm³/mol. The van der Waals surface area contributed by atoms with Crippen LogP contribution in [0.2, 0.25) is 0 Å². The molecule has 1 aromatic carbocycles. The predicted octanol–water partition coefficient (Wildman–Crippen LogP) is 3.29. The van der Waals surface area contributed by atoms with Crippen LogP contribution < -0.4 is 16.0 Å². The Morgan fingerprint density at radius 3 is 2.50 bits per heavy atom. The average molecular weight is 272 g/mol. The van der Waals surface area contributed by atoms with Crippen LogP contribution in [0.25, 0.3) is 0 Å². The average Bonchev–Trinajstić information content (AvgIpc) is 2.41. The zero-order valence-corrected chi connectivity index (χ0v) is 12.3. The van der Waals surface area contributed by atoms with Gasteiger partial charge in [-0.25, -0.2) is 10.8 Å². The minimum absolute atomic E-state index is 0.199. The first-order valence-corrected chi connectivity index (χ1v) is 6.60. The maximum absolute atomic E-state index is 5.85. The standard InChI is InChI=1S/C15H20N4O/c1-9(2)15-17-13(19-16)8-14(18-15)20-12-6-5-10(3)7-11(12)4/h5-9H,16H2,1-4H3,(H,17,18,19). The summed E-state index contributed by atoms with van der Waals surface area (Å²) in [6, 6.07) is 7.71. The molecule has 0 saturated carbocycles. The fourth-order valence-corrected chi connectivity index (χ4v) is 1.85. The molecule has 0 saturated heterocycles. The largest absolute Gasteiger partial charge is 0.439 e. The van der Waals surface area contributed by atoms with Crippen LogP contribution in [0.15, 0.2) is 24.3 Å². The number of benzene rings is 1. The number of hydrazine groups is 1. The molecule has 2 aromatic rings. The van der Waals surface area contributed by atoms with Gasteiger partial charge in [0.25, 0.3) is 0 Å². The molecule has 0 aliphatic heterocycles. The third kappa shape index (κ3) is 3.24. The maximum Gasteiger partial charge on any atom is 0.224 e. The van der Waals surface area contributed by atoms with Crippen molar-refractivity contribution in [2.45, 2.75) is 33.6 Å². The minimum Gasteiger partial charge on any atom is -0.439 e. The molecule has 0 spiro atoms. The lowest BCUT2D eigenvalue weighted by Gasteiger charge is -2.12. The zero-order chi connectivity index (χ0) is 14.7. The highest BCUT2D eigenvalue weighted by Crippen LogP contribution is 2.26. The Morgan fingerprint density at radius 1 is 1.15 bits per heavy atom. The molecule has 0 aliphatic rings. The van der Waals surface area contributed by atoms with Crippen LogP contribution in [0.5, 0.6) is 11.6 Å². The van der Waals surface area contributed by atoms with E-state index < -0.39 is 0 Å². The molecular weight excluding hydrogens is 252 g/mol. The number of aromatic nitrogens is 2. The SMILES string of the molecule is Cc1ccc(Oc2cc(NN)nc(C(C)C)n2)c(C)c1. The highest BCUT2D eigenvalue weighted by atomic mass is 16.5. The number of nitrogens with one attached hydrogen (secondary N) is 1. The van der Waals surface area contributed by atoms with Crippen molar-refractivity contribution < 1.29 is 4.74 Å². The summed E-state index contributed by atoms with van der Waals surface area (Å²) >= 11 is 0. The Bertz CT molecular complexity index is 611. The van der Waals surface area contributed by atoms with Crippen LogP contribution in [0.3, 0.4) is 0 Å². The quantitative estimate of drug-likeness (QED) is 0.660. The summed E-state index contributed by atoms with van der Waals surface area (Å²) in [6.07, 6.45) is 0. The van der Waals surface area contributed by atoms with E-state index in [1.54, 1.807) is 6.07 Å². The van der Waals surface area contributed by atoms with Crippen molar-refractivity contribution in [3.05, 3.63) is 41.2 Å². The van der Waals surface area contributed by atoms with E-state index in [1.165, 1.54) is 5.56 Å². The molecule has 0 unspecified atom stereocenters. The van der Waals surface area contributed by atoms with Crippen molar-refractivity contribution in [1.82, 2.24) is 9.97 Å². The van der Waals surface area contributed by atoms with Gasteiger partial charge in [0.05, 0.1) is 0 Å². The number of nitrogens with zero attached hydrogens (tertiary/aromatic N) is 2. The van der Waals surface area contributed by atoms with Gasteiger partial charge in [-0.05, 0) is 25.5 Å². The summed E-state index contributed by atoms with van der Waals surface area (Å²) in [4.78, 5) is 8.71. The molecule has 2 rings (SSSR count). The number of nitrogens with two attached hydrogens (primary N) is 1. The summed E-state index contributed by atoms with van der Waals surface area (Å²) in [6.45, 7) is 8.11. The summed E-state index contributed by atoms with van der Waals surface area (Å²) in [7, 11) is 0. The second-order valence-corrected chi connectivity index (χ2v) is 5.12. The number of aryl methyl sites for hydroxylation is 2. The van der Waals surface area contributed by atoms with Crippen molar-refractivity contribution in [3.8, 4) is 11.6 Å². The first-order chi connectivity index (χ1) is 9.49. The molecule has 0 aliphatic carbocycles. The van der Waals surface area contributed by atoms with Gasteiger partial charge < -0.3 is 10.2 Å². The van der Waals surface area contributed by atoms with Crippen molar-refractivity contribution in [1.29, 1.82) is 0 Å². The van der Waals surface area contributed by atoms with Gasteiger partial charge in [-0.3, -0.25) is 0 Å². The lowest BCUT2D eigenvalue weighted by Crippen LogP contribution is -2.11. The number of ether oxygens (including phenoxy) is 1. The van der Waals surface area contributed by atoms with Crippen LogP contribution in [-0.2, 0) is 0 Å². The summed E-state index contributed by atoms with van der Waals surface area (Å²) in [5.74, 6) is 8.15. The van der Waals surface area contributed by atoms with E-state index >= 15 is 0 Å². The smallest absolute Gasteiger partial charge is 0.224 e. The van der Waals surface area contributed by atoms with E-state index in [0.29, 0.717) is 17.5 Å². The van der Waals surface area contributed by atoms with Crippen LogP contribution in [0, 0.1) is 13.8 Å². The first-order valence-electron chi connectivity index (χ1n) is 6.60. The molecule has 0 bridgehead atoms.